The monoisotopic (exact) mass is 405 g/mol. The maximum Gasteiger partial charge on any atom is 0.416 e. The van der Waals surface area contributed by atoms with E-state index in [1.807, 2.05) is 0 Å². The molecule has 2 aromatic rings. The summed E-state index contributed by atoms with van der Waals surface area (Å²) >= 11 is 0. The Bertz CT molecular complexity index is 900. The van der Waals surface area contributed by atoms with Crippen molar-refractivity contribution in [2.24, 2.45) is 0 Å². The second kappa shape index (κ2) is 7.46. The minimum atomic E-state index is -4.38. The topological polar surface area (TPSA) is 49.8 Å². The predicted molar refractivity (Wildman–Crippen MR) is 100 cm³/mol. The third-order valence-corrected chi connectivity index (χ3v) is 5.82. The molecule has 154 valence electrons. The number of aliphatic hydroxyl groups is 1. The first-order valence-corrected chi connectivity index (χ1v) is 9.64. The van der Waals surface area contributed by atoms with Crippen LogP contribution in [-0.2, 0) is 16.5 Å². The maximum absolute atomic E-state index is 13.3. The molecule has 2 aromatic carbocycles. The molecular weight excluding hydrogens is 383 g/mol. The average Bonchev–Trinajstić information content (AvgIpc) is 2.71. The highest BCUT2D eigenvalue weighted by Crippen LogP contribution is 2.39. The first kappa shape index (κ1) is 19.9. The largest absolute Gasteiger partial charge is 0.416 e. The van der Waals surface area contributed by atoms with E-state index in [1.54, 1.807) is 35.2 Å². The van der Waals surface area contributed by atoms with Gasteiger partial charge in [-0.05, 0) is 48.1 Å². The summed E-state index contributed by atoms with van der Waals surface area (Å²) in [5, 5.41) is 10.4. The number of amides is 1. The Morgan fingerprint density at radius 1 is 1.07 bits per heavy atom. The van der Waals surface area contributed by atoms with Crippen LogP contribution in [0.5, 0.6) is 0 Å². The van der Waals surface area contributed by atoms with E-state index in [9.17, 15) is 23.1 Å². The fraction of sp³-hybridized carbons (Fsp3) is 0.409. The third-order valence-electron chi connectivity index (χ3n) is 5.82. The molecule has 4 rings (SSSR count). The lowest BCUT2D eigenvalue weighted by Crippen LogP contribution is -2.46. The smallest absolute Gasteiger partial charge is 0.380 e. The lowest BCUT2D eigenvalue weighted by atomic mass is 9.86. The summed E-state index contributed by atoms with van der Waals surface area (Å²) in [4.78, 5) is 14.6. The van der Waals surface area contributed by atoms with Crippen molar-refractivity contribution in [3.05, 3.63) is 70.8 Å². The van der Waals surface area contributed by atoms with Gasteiger partial charge in [0.1, 0.15) is 5.60 Å². The van der Waals surface area contributed by atoms with Crippen LogP contribution in [-0.4, -0.2) is 42.2 Å². The Balaban J connectivity index is 1.46. The van der Waals surface area contributed by atoms with Gasteiger partial charge in [-0.25, -0.2) is 0 Å². The summed E-state index contributed by atoms with van der Waals surface area (Å²) in [5.74, 6) is -0.394. The molecular formula is C22H22F3NO3. The Kier molecular flexibility index (Phi) is 5.12. The molecule has 2 saturated heterocycles. The van der Waals surface area contributed by atoms with Gasteiger partial charge in [0.25, 0.3) is 5.91 Å². The molecule has 0 bridgehead atoms. The van der Waals surface area contributed by atoms with Crippen molar-refractivity contribution in [3.63, 3.8) is 0 Å². The standard InChI is InChI=1S/C22H22F3NO3/c23-22(24,25)19-7-2-1-6-18(19)15-8-10-26(11-9-15)20(27)16-4-3-5-17(12-16)21(28)13-29-14-21/h1-7,12,15,28H,8-11,13-14H2. The number of alkyl halides is 3. The highest BCUT2D eigenvalue weighted by atomic mass is 19.4. The lowest BCUT2D eigenvalue weighted by molar-refractivity contribution is -0.184. The number of likely N-dealkylation sites (tertiary alicyclic amines) is 1. The van der Waals surface area contributed by atoms with Gasteiger partial charge in [0.05, 0.1) is 18.8 Å². The van der Waals surface area contributed by atoms with Gasteiger partial charge in [-0.1, -0.05) is 30.3 Å². The van der Waals surface area contributed by atoms with Crippen LogP contribution >= 0.6 is 0 Å². The van der Waals surface area contributed by atoms with Crippen molar-refractivity contribution in [2.75, 3.05) is 26.3 Å². The Morgan fingerprint density at radius 2 is 1.76 bits per heavy atom. The summed E-state index contributed by atoms with van der Waals surface area (Å²) in [6, 6.07) is 12.5. The molecule has 7 heteroatoms. The molecule has 2 aliphatic rings. The quantitative estimate of drug-likeness (QED) is 0.842. The second-order valence-electron chi connectivity index (χ2n) is 7.76. The lowest BCUT2D eigenvalue weighted by Gasteiger charge is -2.37. The number of nitrogens with zero attached hydrogens (tertiary/aromatic N) is 1. The van der Waals surface area contributed by atoms with Crippen molar-refractivity contribution >= 4 is 5.91 Å². The predicted octanol–water partition coefficient (Wildman–Crippen LogP) is 3.94. The number of halogens is 3. The van der Waals surface area contributed by atoms with E-state index in [2.05, 4.69) is 0 Å². The maximum atomic E-state index is 13.3. The number of carbonyl (C=O) groups excluding carboxylic acids is 1. The number of piperidine rings is 1. The minimum absolute atomic E-state index is 0.168. The second-order valence-corrected chi connectivity index (χ2v) is 7.76. The molecule has 1 N–H and O–H groups in total. The summed E-state index contributed by atoms with van der Waals surface area (Å²) in [6.45, 7) is 1.20. The third kappa shape index (κ3) is 3.89. The first-order chi connectivity index (χ1) is 13.8. The van der Waals surface area contributed by atoms with E-state index < -0.39 is 17.3 Å². The van der Waals surface area contributed by atoms with Crippen LogP contribution in [0, 0.1) is 0 Å². The number of benzene rings is 2. The molecule has 2 fully saturated rings. The van der Waals surface area contributed by atoms with Gasteiger partial charge in [0.15, 0.2) is 0 Å². The van der Waals surface area contributed by atoms with Crippen LogP contribution in [0.4, 0.5) is 13.2 Å². The molecule has 1 amide bonds. The zero-order valence-corrected chi connectivity index (χ0v) is 15.8. The number of ether oxygens (including phenoxy) is 1. The van der Waals surface area contributed by atoms with Crippen molar-refractivity contribution in [2.45, 2.75) is 30.5 Å². The van der Waals surface area contributed by atoms with Crippen LogP contribution in [0.3, 0.4) is 0 Å². The van der Waals surface area contributed by atoms with Crippen molar-refractivity contribution in [3.8, 4) is 0 Å². The van der Waals surface area contributed by atoms with Crippen molar-refractivity contribution in [1.29, 1.82) is 0 Å². The van der Waals surface area contributed by atoms with Gasteiger partial charge in [-0.2, -0.15) is 13.2 Å². The average molecular weight is 405 g/mol. The fourth-order valence-electron chi connectivity index (χ4n) is 4.09. The Hall–Kier alpha value is -2.38. The van der Waals surface area contributed by atoms with E-state index in [0.717, 1.165) is 6.07 Å². The van der Waals surface area contributed by atoms with E-state index in [-0.39, 0.29) is 25.0 Å². The van der Waals surface area contributed by atoms with E-state index >= 15 is 0 Å². The summed E-state index contributed by atoms with van der Waals surface area (Å²) in [7, 11) is 0. The molecule has 0 unspecified atom stereocenters. The minimum Gasteiger partial charge on any atom is -0.380 e. The SMILES string of the molecule is O=C(c1cccc(C2(O)COC2)c1)N1CCC(c2ccccc2C(F)(F)F)CC1. The van der Waals surface area contributed by atoms with Crippen molar-refractivity contribution in [1.82, 2.24) is 4.90 Å². The molecule has 2 aliphatic heterocycles. The molecule has 4 nitrogen and oxygen atoms in total. The highest BCUT2D eigenvalue weighted by Gasteiger charge is 2.39. The van der Waals surface area contributed by atoms with Crippen LogP contribution in [0.1, 0.15) is 45.8 Å². The van der Waals surface area contributed by atoms with Crippen LogP contribution in [0.15, 0.2) is 48.5 Å². The van der Waals surface area contributed by atoms with Gasteiger partial charge in [0.2, 0.25) is 0 Å². The molecule has 0 spiro atoms. The van der Waals surface area contributed by atoms with Gasteiger partial charge < -0.3 is 14.7 Å². The number of hydrogen-bond donors (Lipinski definition) is 1. The number of rotatable bonds is 3. The van der Waals surface area contributed by atoms with Crippen molar-refractivity contribution < 1.29 is 27.8 Å². The van der Waals surface area contributed by atoms with Crippen LogP contribution in [0.25, 0.3) is 0 Å². The molecule has 0 radical (unpaired) electrons. The highest BCUT2D eigenvalue weighted by molar-refractivity contribution is 5.94. The van der Waals surface area contributed by atoms with Gasteiger partial charge in [-0.15, -0.1) is 0 Å². The summed E-state index contributed by atoms with van der Waals surface area (Å²) in [6.07, 6.45) is -3.41. The van der Waals surface area contributed by atoms with Crippen LogP contribution in [0.2, 0.25) is 0 Å². The number of hydrogen-bond acceptors (Lipinski definition) is 3. The van der Waals surface area contributed by atoms with E-state index in [0.29, 0.717) is 42.6 Å². The van der Waals surface area contributed by atoms with Gasteiger partial charge >= 0.3 is 6.18 Å². The van der Waals surface area contributed by atoms with Crippen LogP contribution < -0.4 is 0 Å². The fourth-order valence-corrected chi connectivity index (χ4v) is 4.09. The van der Waals surface area contributed by atoms with E-state index in [4.69, 9.17) is 4.74 Å². The Morgan fingerprint density at radius 3 is 2.38 bits per heavy atom. The molecule has 0 aliphatic carbocycles. The summed E-state index contributed by atoms with van der Waals surface area (Å²) < 4.78 is 45.0. The molecule has 2 heterocycles. The normalized spacial score (nSPS) is 19.7. The Labute approximate surface area is 166 Å². The molecule has 0 aromatic heterocycles. The van der Waals surface area contributed by atoms with E-state index in [1.165, 1.54) is 12.1 Å². The molecule has 29 heavy (non-hydrogen) atoms. The summed E-state index contributed by atoms with van der Waals surface area (Å²) in [5.41, 5.74) is -0.222. The molecule has 0 atom stereocenters. The van der Waals surface area contributed by atoms with Gasteiger partial charge in [-0.3, -0.25) is 4.79 Å². The first-order valence-electron chi connectivity index (χ1n) is 9.64. The zero-order chi connectivity index (χ0) is 20.6. The number of carbonyl (C=O) groups is 1. The molecule has 0 saturated carbocycles. The van der Waals surface area contributed by atoms with Gasteiger partial charge in [0, 0.05) is 18.7 Å². The zero-order valence-electron chi connectivity index (χ0n) is 15.8.